The number of hydrogen-bond donors (Lipinski definition) is 2. The number of nitrogens with two attached hydrogens (primary N) is 1. The molecular formula is C14H18N4O. The van der Waals surface area contributed by atoms with Crippen LogP contribution in [-0.4, -0.2) is 22.2 Å². The molecule has 5 heteroatoms. The summed E-state index contributed by atoms with van der Waals surface area (Å²) in [5, 5.41) is 6.96. The Morgan fingerprint density at radius 2 is 2.11 bits per heavy atom. The lowest BCUT2D eigenvalue weighted by atomic mass is 9.92. The normalized spacial score (nSPS) is 13.8. The SMILES string of the molecule is Cn1cc(C(=O)NC(C)(CN)c2ccccc2)cn1. The largest absolute Gasteiger partial charge is 0.341 e. The zero-order valence-electron chi connectivity index (χ0n) is 11.1. The summed E-state index contributed by atoms with van der Waals surface area (Å²) < 4.78 is 1.59. The van der Waals surface area contributed by atoms with Gasteiger partial charge in [-0.15, -0.1) is 0 Å². The quantitative estimate of drug-likeness (QED) is 0.860. The van der Waals surface area contributed by atoms with Gasteiger partial charge in [-0.1, -0.05) is 30.3 Å². The molecule has 0 radical (unpaired) electrons. The maximum Gasteiger partial charge on any atom is 0.255 e. The summed E-state index contributed by atoms with van der Waals surface area (Å²) in [6, 6.07) is 9.70. The van der Waals surface area contributed by atoms with Crippen molar-refractivity contribution in [2.75, 3.05) is 6.54 Å². The fourth-order valence-electron chi connectivity index (χ4n) is 1.91. The van der Waals surface area contributed by atoms with Crippen LogP contribution in [0.4, 0.5) is 0 Å². The van der Waals surface area contributed by atoms with Crippen LogP contribution in [0, 0.1) is 0 Å². The number of hydrogen-bond acceptors (Lipinski definition) is 3. The smallest absolute Gasteiger partial charge is 0.255 e. The monoisotopic (exact) mass is 258 g/mol. The van der Waals surface area contributed by atoms with Gasteiger partial charge in [0.1, 0.15) is 0 Å². The van der Waals surface area contributed by atoms with Crippen molar-refractivity contribution in [2.24, 2.45) is 12.8 Å². The zero-order valence-corrected chi connectivity index (χ0v) is 11.1. The van der Waals surface area contributed by atoms with Crippen LogP contribution in [0.5, 0.6) is 0 Å². The predicted octanol–water partition coefficient (Wildman–Crippen LogP) is 1.02. The summed E-state index contributed by atoms with van der Waals surface area (Å²) >= 11 is 0. The molecule has 1 aromatic carbocycles. The molecule has 19 heavy (non-hydrogen) atoms. The first-order valence-electron chi connectivity index (χ1n) is 6.12. The molecule has 0 saturated carbocycles. The van der Waals surface area contributed by atoms with Gasteiger partial charge in [-0.3, -0.25) is 9.48 Å². The molecule has 0 aliphatic rings. The van der Waals surface area contributed by atoms with Crippen LogP contribution >= 0.6 is 0 Å². The van der Waals surface area contributed by atoms with Crippen LogP contribution in [0.15, 0.2) is 42.7 Å². The Bertz CT molecular complexity index is 564. The van der Waals surface area contributed by atoms with E-state index in [9.17, 15) is 4.79 Å². The van der Waals surface area contributed by atoms with E-state index in [0.717, 1.165) is 5.56 Å². The molecule has 2 rings (SSSR count). The minimum atomic E-state index is -0.589. The first kappa shape index (κ1) is 13.3. The molecule has 100 valence electrons. The summed E-state index contributed by atoms with van der Waals surface area (Å²) in [4.78, 5) is 12.2. The van der Waals surface area contributed by atoms with Gasteiger partial charge in [-0.2, -0.15) is 5.10 Å². The number of carbonyl (C=O) groups excluding carboxylic acids is 1. The minimum absolute atomic E-state index is 0.176. The molecule has 1 heterocycles. The molecule has 0 aliphatic heterocycles. The van der Waals surface area contributed by atoms with Crippen LogP contribution < -0.4 is 11.1 Å². The van der Waals surface area contributed by atoms with Crippen LogP contribution in [0.1, 0.15) is 22.8 Å². The summed E-state index contributed by atoms with van der Waals surface area (Å²) in [6.45, 7) is 2.24. The minimum Gasteiger partial charge on any atom is -0.341 e. The Hall–Kier alpha value is -2.14. The number of nitrogens with zero attached hydrogens (tertiary/aromatic N) is 2. The highest BCUT2D eigenvalue weighted by molar-refractivity contribution is 5.94. The van der Waals surface area contributed by atoms with E-state index in [1.165, 1.54) is 6.20 Å². The van der Waals surface area contributed by atoms with Crippen molar-refractivity contribution < 1.29 is 4.79 Å². The lowest BCUT2D eigenvalue weighted by molar-refractivity contribution is 0.0907. The van der Waals surface area contributed by atoms with Gasteiger partial charge in [0.05, 0.1) is 17.3 Å². The lowest BCUT2D eigenvalue weighted by Gasteiger charge is -2.29. The van der Waals surface area contributed by atoms with Crippen molar-refractivity contribution in [3.63, 3.8) is 0 Å². The third-order valence-electron chi connectivity index (χ3n) is 3.18. The van der Waals surface area contributed by atoms with Gasteiger partial charge in [0.2, 0.25) is 0 Å². The van der Waals surface area contributed by atoms with Gasteiger partial charge >= 0.3 is 0 Å². The van der Waals surface area contributed by atoms with Crippen molar-refractivity contribution in [2.45, 2.75) is 12.5 Å². The molecule has 0 fully saturated rings. The maximum atomic E-state index is 12.2. The molecule has 3 N–H and O–H groups in total. The van der Waals surface area contributed by atoms with E-state index in [1.807, 2.05) is 37.3 Å². The maximum absolute atomic E-state index is 12.2. The van der Waals surface area contributed by atoms with Crippen molar-refractivity contribution in [3.8, 4) is 0 Å². The van der Waals surface area contributed by atoms with Crippen molar-refractivity contribution in [1.82, 2.24) is 15.1 Å². The molecule has 1 aromatic heterocycles. The Labute approximate surface area is 112 Å². The molecule has 1 unspecified atom stereocenters. The van der Waals surface area contributed by atoms with E-state index < -0.39 is 5.54 Å². The standard InChI is InChI=1S/C14H18N4O/c1-14(10-15,12-6-4-3-5-7-12)17-13(19)11-8-16-18(2)9-11/h3-9H,10,15H2,1-2H3,(H,17,19). The second kappa shape index (κ2) is 5.24. The van der Waals surface area contributed by atoms with E-state index in [-0.39, 0.29) is 5.91 Å². The summed E-state index contributed by atoms with van der Waals surface area (Å²) in [5.74, 6) is -0.176. The number of nitrogens with one attached hydrogen (secondary N) is 1. The first-order chi connectivity index (χ1) is 9.05. The highest BCUT2D eigenvalue weighted by Gasteiger charge is 2.27. The Morgan fingerprint density at radius 3 is 2.63 bits per heavy atom. The van der Waals surface area contributed by atoms with Crippen LogP contribution in [0.25, 0.3) is 0 Å². The van der Waals surface area contributed by atoms with Gasteiger partial charge < -0.3 is 11.1 Å². The van der Waals surface area contributed by atoms with Crippen molar-refractivity contribution in [1.29, 1.82) is 0 Å². The Balaban J connectivity index is 2.22. The molecule has 0 saturated heterocycles. The number of rotatable bonds is 4. The van der Waals surface area contributed by atoms with Crippen molar-refractivity contribution >= 4 is 5.91 Å². The molecule has 5 nitrogen and oxygen atoms in total. The highest BCUT2D eigenvalue weighted by Crippen LogP contribution is 2.19. The molecule has 0 aliphatic carbocycles. The predicted molar refractivity (Wildman–Crippen MR) is 73.5 cm³/mol. The molecule has 0 spiro atoms. The average Bonchev–Trinajstić information content (AvgIpc) is 2.86. The van der Waals surface area contributed by atoms with Gasteiger partial charge in [-0.05, 0) is 12.5 Å². The Morgan fingerprint density at radius 1 is 1.42 bits per heavy atom. The number of aryl methyl sites for hydroxylation is 1. The second-order valence-corrected chi connectivity index (χ2v) is 4.76. The molecule has 1 amide bonds. The summed E-state index contributed by atoms with van der Waals surface area (Å²) in [6.07, 6.45) is 3.22. The van der Waals surface area contributed by atoms with E-state index in [0.29, 0.717) is 12.1 Å². The first-order valence-corrected chi connectivity index (χ1v) is 6.12. The Kier molecular flexibility index (Phi) is 3.66. The van der Waals surface area contributed by atoms with Crippen molar-refractivity contribution in [3.05, 3.63) is 53.9 Å². The topological polar surface area (TPSA) is 72.9 Å². The number of carbonyl (C=O) groups is 1. The summed E-state index contributed by atoms with van der Waals surface area (Å²) in [5.41, 5.74) is 6.75. The third-order valence-corrected chi connectivity index (χ3v) is 3.18. The number of benzene rings is 1. The van der Waals surface area contributed by atoms with Gasteiger partial charge in [-0.25, -0.2) is 0 Å². The molecular weight excluding hydrogens is 240 g/mol. The third kappa shape index (κ3) is 2.82. The molecule has 1 atom stereocenters. The highest BCUT2D eigenvalue weighted by atomic mass is 16.1. The van der Waals surface area contributed by atoms with Crippen LogP contribution in [-0.2, 0) is 12.6 Å². The zero-order chi connectivity index (χ0) is 13.9. The molecule has 0 bridgehead atoms. The van der Waals surface area contributed by atoms with Crippen LogP contribution in [0.3, 0.4) is 0 Å². The average molecular weight is 258 g/mol. The van der Waals surface area contributed by atoms with E-state index in [2.05, 4.69) is 10.4 Å². The summed E-state index contributed by atoms with van der Waals surface area (Å²) in [7, 11) is 1.77. The molecule has 2 aromatic rings. The fraction of sp³-hybridized carbons (Fsp3) is 0.286. The van der Waals surface area contributed by atoms with Gasteiger partial charge in [0.25, 0.3) is 5.91 Å². The second-order valence-electron chi connectivity index (χ2n) is 4.76. The van der Waals surface area contributed by atoms with E-state index in [4.69, 9.17) is 5.73 Å². The number of amides is 1. The van der Waals surface area contributed by atoms with E-state index in [1.54, 1.807) is 17.9 Å². The van der Waals surface area contributed by atoms with Gasteiger partial charge in [0.15, 0.2) is 0 Å². The lowest BCUT2D eigenvalue weighted by Crippen LogP contribution is -2.48. The van der Waals surface area contributed by atoms with Crippen LogP contribution in [0.2, 0.25) is 0 Å². The van der Waals surface area contributed by atoms with Gasteiger partial charge in [0, 0.05) is 19.8 Å². The fourth-order valence-corrected chi connectivity index (χ4v) is 1.91. The van der Waals surface area contributed by atoms with E-state index >= 15 is 0 Å². The number of aromatic nitrogens is 2.